The molecule has 5 nitrogen and oxygen atoms in total. The summed E-state index contributed by atoms with van der Waals surface area (Å²) in [5.41, 5.74) is 2.47. The highest BCUT2D eigenvalue weighted by Gasteiger charge is 2.10. The monoisotopic (exact) mass is 308 g/mol. The number of hydrogen-bond acceptors (Lipinski definition) is 4. The van der Waals surface area contributed by atoms with Gasteiger partial charge in [-0.3, -0.25) is 9.36 Å². The van der Waals surface area contributed by atoms with Gasteiger partial charge < -0.3 is 5.32 Å². The number of thiazole rings is 1. The number of rotatable bonds is 3. The minimum Gasteiger partial charge on any atom is -0.355 e. The SMILES string of the molecule is CNC(=O)c1cccc(-c2cnc(-c3ccn(C#N)c3)s2)c1. The van der Waals surface area contributed by atoms with Gasteiger partial charge in [-0.25, -0.2) is 4.98 Å². The van der Waals surface area contributed by atoms with Crippen molar-refractivity contribution in [1.82, 2.24) is 14.9 Å². The van der Waals surface area contributed by atoms with Crippen LogP contribution in [-0.2, 0) is 0 Å². The van der Waals surface area contributed by atoms with Gasteiger partial charge >= 0.3 is 0 Å². The maximum Gasteiger partial charge on any atom is 0.251 e. The Morgan fingerprint density at radius 1 is 1.36 bits per heavy atom. The molecule has 0 saturated carbocycles. The molecule has 0 spiro atoms. The van der Waals surface area contributed by atoms with Gasteiger partial charge in [0.05, 0.1) is 4.88 Å². The first-order valence-corrected chi connectivity index (χ1v) is 7.40. The lowest BCUT2D eigenvalue weighted by molar-refractivity contribution is 0.0963. The van der Waals surface area contributed by atoms with E-state index in [-0.39, 0.29) is 5.91 Å². The third kappa shape index (κ3) is 2.62. The average Bonchev–Trinajstić information content (AvgIpc) is 3.22. The van der Waals surface area contributed by atoms with Crippen LogP contribution in [0, 0.1) is 11.5 Å². The van der Waals surface area contributed by atoms with Gasteiger partial charge in [0.15, 0.2) is 6.19 Å². The number of nitrogens with one attached hydrogen (secondary N) is 1. The molecule has 0 radical (unpaired) electrons. The maximum absolute atomic E-state index is 11.7. The molecule has 108 valence electrons. The zero-order valence-electron chi connectivity index (χ0n) is 11.8. The van der Waals surface area contributed by atoms with Crippen LogP contribution < -0.4 is 5.32 Å². The van der Waals surface area contributed by atoms with Crippen molar-refractivity contribution in [3.8, 4) is 27.2 Å². The zero-order chi connectivity index (χ0) is 15.5. The van der Waals surface area contributed by atoms with Crippen LogP contribution in [-0.4, -0.2) is 22.5 Å². The van der Waals surface area contributed by atoms with Crippen molar-refractivity contribution in [3.63, 3.8) is 0 Å². The third-order valence-corrected chi connectivity index (χ3v) is 4.29. The van der Waals surface area contributed by atoms with Crippen molar-refractivity contribution in [2.24, 2.45) is 0 Å². The number of carbonyl (C=O) groups is 1. The quantitative estimate of drug-likeness (QED) is 0.808. The molecular formula is C16H12N4OS. The molecule has 1 amide bonds. The standard InChI is InChI=1S/C16H12N4OS/c1-18-15(21)12-4-2-3-11(7-12)14-8-19-16(22-14)13-5-6-20(9-13)10-17/h2-9H,1H3,(H,18,21). The van der Waals surface area contributed by atoms with Gasteiger partial charge in [0.25, 0.3) is 5.91 Å². The molecule has 1 aromatic carbocycles. The van der Waals surface area contributed by atoms with Crippen molar-refractivity contribution in [3.05, 3.63) is 54.5 Å². The molecule has 0 unspecified atom stereocenters. The topological polar surface area (TPSA) is 70.7 Å². The summed E-state index contributed by atoms with van der Waals surface area (Å²) in [7, 11) is 1.61. The Morgan fingerprint density at radius 2 is 2.23 bits per heavy atom. The fourth-order valence-electron chi connectivity index (χ4n) is 2.08. The van der Waals surface area contributed by atoms with Gasteiger partial charge in [0.1, 0.15) is 5.01 Å². The summed E-state index contributed by atoms with van der Waals surface area (Å²) in [6.45, 7) is 0. The lowest BCUT2D eigenvalue weighted by Gasteiger charge is -2.02. The summed E-state index contributed by atoms with van der Waals surface area (Å²) in [5, 5.41) is 12.3. The second-order valence-electron chi connectivity index (χ2n) is 4.60. The summed E-state index contributed by atoms with van der Waals surface area (Å²) in [4.78, 5) is 17.1. The average molecular weight is 308 g/mol. The van der Waals surface area contributed by atoms with E-state index in [4.69, 9.17) is 5.26 Å². The Morgan fingerprint density at radius 3 is 2.95 bits per heavy atom. The number of nitriles is 1. The maximum atomic E-state index is 11.7. The van der Waals surface area contributed by atoms with E-state index in [2.05, 4.69) is 10.3 Å². The van der Waals surface area contributed by atoms with Gasteiger partial charge in [0, 0.05) is 36.8 Å². The first kappa shape index (κ1) is 14.0. The largest absolute Gasteiger partial charge is 0.355 e. The van der Waals surface area contributed by atoms with Gasteiger partial charge in [0.2, 0.25) is 0 Å². The summed E-state index contributed by atoms with van der Waals surface area (Å²) in [5.74, 6) is -0.113. The molecule has 2 aromatic heterocycles. The molecule has 0 bridgehead atoms. The van der Waals surface area contributed by atoms with Crippen molar-refractivity contribution in [1.29, 1.82) is 5.26 Å². The number of hydrogen-bond donors (Lipinski definition) is 1. The summed E-state index contributed by atoms with van der Waals surface area (Å²) >= 11 is 1.53. The van der Waals surface area contributed by atoms with Crippen LogP contribution in [0.1, 0.15) is 10.4 Å². The Labute approximate surface area is 131 Å². The predicted octanol–water partition coefficient (Wildman–Crippen LogP) is 2.97. The van der Waals surface area contributed by atoms with Crippen molar-refractivity contribution in [2.75, 3.05) is 7.05 Å². The van der Waals surface area contributed by atoms with E-state index in [0.29, 0.717) is 5.56 Å². The molecule has 3 rings (SSSR count). The van der Waals surface area contributed by atoms with Crippen LogP contribution in [0.15, 0.2) is 48.9 Å². The molecule has 0 atom stereocenters. The number of carbonyl (C=O) groups excluding carboxylic acids is 1. The summed E-state index contributed by atoms with van der Waals surface area (Å²) in [6, 6.07) is 9.27. The highest BCUT2D eigenvalue weighted by Crippen LogP contribution is 2.32. The van der Waals surface area contributed by atoms with E-state index in [1.54, 1.807) is 31.7 Å². The zero-order valence-corrected chi connectivity index (χ0v) is 12.6. The molecular weight excluding hydrogens is 296 g/mol. The molecule has 0 aliphatic heterocycles. The van der Waals surface area contributed by atoms with Gasteiger partial charge in [-0.2, -0.15) is 5.26 Å². The first-order chi connectivity index (χ1) is 10.7. The number of amides is 1. The lowest BCUT2D eigenvalue weighted by atomic mass is 10.1. The molecule has 0 saturated heterocycles. The smallest absolute Gasteiger partial charge is 0.251 e. The van der Waals surface area contributed by atoms with Crippen molar-refractivity contribution < 1.29 is 4.79 Å². The van der Waals surface area contributed by atoms with Crippen LogP contribution in [0.3, 0.4) is 0 Å². The van der Waals surface area contributed by atoms with E-state index < -0.39 is 0 Å². The van der Waals surface area contributed by atoms with Crippen molar-refractivity contribution >= 4 is 17.2 Å². The minimum atomic E-state index is -0.113. The van der Waals surface area contributed by atoms with Crippen LogP contribution in [0.25, 0.3) is 21.0 Å². The van der Waals surface area contributed by atoms with Gasteiger partial charge in [-0.1, -0.05) is 12.1 Å². The fraction of sp³-hybridized carbons (Fsp3) is 0.0625. The molecule has 0 fully saturated rings. The van der Waals surface area contributed by atoms with Crippen LogP contribution >= 0.6 is 11.3 Å². The Kier molecular flexibility index (Phi) is 3.73. The van der Waals surface area contributed by atoms with E-state index in [9.17, 15) is 4.79 Å². The van der Waals surface area contributed by atoms with E-state index in [1.165, 1.54) is 15.9 Å². The number of aromatic nitrogens is 2. The first-order valence-electron chi connectivity index (χ1n) is 6.58. The van der Waals surface area contributed by atoms with E-state index in [1.807, 2.05) is 30.5 Å². The number of benzene rings is 1. The molecule has 22 heavy (non-hydrogen) atoms. The normalized spacial score (nSPS) is 10.2. The van der Waals surface area contributed by atoms with Crippen molar-refractivity contribution in [2.45, 2.75) is 0 Å². The van der Waals surface area contributed by atoms with E-state index >= 15 is 0 Å². The van der Waals surface area contributed by atoms with Crippen LogP contribution in [0.2, 0.25) is 0 Å². The molecule has 0 aliphatic carbocycles. The Bertz CT molecular complexity index is 872. The number of nitrogens with zero attached hydrogens (tertiary/aromatic N) is 3. The highest BCUT2D eigenvalue weighted by atomic mass is 32.1. The van der Waals surface area contributed by atoms with Crippen LogP contribution in [0.4, 0.5) is 0 Å². The Balaban J connectivity index is 1.94. The van der Waals surface area contributed by atoms with Gasteiger partial charge in [-0.05, 0) is 23.8 Å². The lowest BCUT2D eigenvalue weighted by Crippen LogP contribution is -2.17. The minimum absolute atomic E-state index is 0.113. The molecule has 6 heteroatoms. The molecule has 0 aliphatic rings. The molecule has 2 heterocycles. The fourth-order valence-corrected chi connectivity index (χ4v) is 2.99. The van der Waals surface area contributed by atoms with Crippen LogP contribution in [0.5, 0.6) is 0 Å². The Hall–Kier alpha value is -2.91. The second kappa shape index (κ2) is 5.84. The predicted molar refractivity (Wildman–Crippen MR) is 85.4 cm³/mol. The molecule has 1 N–H and O–H groups in total. The molecule has 3 aromatic rings. The van der Waals surface area contributed by atoms with E-state index in [0.717, 1.165) is 21.0 Å². The summed E-state index contributed by atoms with van der Waals surface area (Å²) in [6.07, 6.45) is 7.25. The third-order valence-electron chi connectivity index (χ3n) is 3.20. The summed E-state index contributed by atoms with van der Waals surface area (Å²) < 4.78 is 1.43. The second-order valence-corrected chi connectivity index (χ2v) is 5.63. The highest BCUT2D eigenvalue weighted by molar-refractivity contribution is 7.18. The van der Waals surface area contributed by atoms with Gasteiger partial charge in [-0.15, -0.1) is 11.3 Å².